The zero-order valence-corrected chi connectivity index (χ0v) is 22.0. The summed E-state index contributed by atoms with van der Waals surface area (Å²) in [6.07, 6.45) is 4.48. The summed E-state index contributed by atoms with van der Waals surface area (Å²) in [7, 11) is 2.25. The molecule has 2 aliphatic heterocycles. The van der Waals surface area contributed by atoms with Gasteiger partial charge in [-0.1, -0.05) is 54.6 Å². The largest absolute Gasteiger partial charge is 0.494 e. The lowest BCUT2D eigenvalue weighted by molar-refractivity contribution is 0.0793. The van der Waals surface area contributed by atoms with Gasteiger partial charge in [0, 0.05) is 50.9 Å². The molecule has 0 radical (unpaired) electrons. The molecular formula is C32H39N3O2. The van der Waals surface area contributed by atoms with E-state index in [1.54, 1.807) is 0 Å². The highest BCUT2D eigenvalue weighted by Crippen LogP contribution is 2.24. The molecule has 37 heavy (non-hydrogen) atoms. The number of amides is 1. The van der Waals surface area contributed by atoms with Crippen molar-refractivity contribution in [3.05, 3.63) is 90.0 Å². The standard InChI is InChI=1S/C32H39N3O2/c1-33(30-18-22-34(25-30)24-26-8-3-2-4-9-26)19-7-23-37-31-16-14-28(15-17-31)27-10-12-29(13-11-27)32(36)35-20-5-6-21-35/h2-4,8-17,30H,5-7,18-25H2,1H3. The van der Waals surface area contributed by atoms with E-state index in [4.69, 9.17) is 4.74 Å². The summed E-state index contributed by atoms with van der Waals surface area (Å²) in [6, 6.07) is 27.6. The van der Waals surface area contributed by atoms with Gasteiger partial charge in [-0.15, -0.1) is 0 Å². The molecule has 5 heteroatoms. The summed E-state index contributed by atoms with van der Waals surface area (Å²) in [5.41, 5.74) is 4.42. The molecule has 0 aliphatic carbocycles. The summed E-state index contributed by atoms with van der Waals surface area (Å²) >= 11 is 0. The van der Waals surface area contributed by atoms with Gasteiger partial charge in [0.1, 0.15) is 5.75 Å². The number of carbonyl (C=O) groups excluding carboxylic acids is 1. The van der Waals surface area contributed by atoms with Crippen LogP contribution in [0.1, 0.15) is 41.6 Å². The van der Waals surface area contributed by atoms with Gasteiger partial charge in [-0.05, 0) is 73.7 Å². The van der Waals surface area contributed by atoms with Crippen LogP contribution >= 0.6 is 0 Å². The second-order valence-corrected chi connectivity index (χ2v) is 10.4. The van der Waals surface area contributed by atoms with Crippen molar-refractivity contribution >= 4 is 5.91 Å². The average Bonchev–Trinajstić information content (AvgIpc) is 3.65. The van der Waals surface area contributed by atoms with Crippen LogP contribution in [0.4, 0.5) is 0 Å². The maximum atomic E-state index is 12.6. The SMILES string of the molecule is CN(CCCOc1ccc(-c2ccc(C(=O)N3CCCC3)cc2)cc1)C1CCN(Cc2ccccc2)C1. The second kappa shape index (κ2) is 12.4. The van der Waals surface area contributed by atoms with E-state index >= 15 is 0 Å². The Labute approximate surface area is 221 Å². The minimum atomic E-state index is 0.149. The highest BCUT2D eigenvalue weighted by Gasteiger charge is 2.25. The number of nitrogens with zero attached hydrogens (tertiary/aromatic N) is 3. The molecule has 1 unspecified atom stereocenters. The average molecular weight is 498 g/mol. The fourth-order valence-corrected chi connectivity index (χ4v) is 5.50. The molecule has 2 fully saturated rings. The molecular weight excluding hydrogens is 458 g/mol. The number of hydrogen-bond donors (Lipinski definition) is 0. The van der Waals surface area contributed by atoms with Gasteiger partial charge in [0.15, 0.2) is 0 Å². The second-order valence-electron chi connectivity index (χ2n) is 10.4. The summed E-state index contributed by atoms with van der Waals surface area (Å²) in [6.45, 7) is 6.89. The van der Waals surface area contributed by atoms with Crippen molar-refractivity contribution in [3.8, 4) is 16.9 Å². The van der Waals surface area contributed by atoms with Gasteiger partial charge in [-0.3, -0.25) is 9.69 Å². The quantitative estimate of drug-likeness (QED) is 0.344. The van der Waals surface area contributed by atoms with Gasteiger partial charge in [-0.25, -0.2) is 0 Å². The zero-order valence-electron chi connectivity index (χ0n) is 22.0. The van der Waals surface area contributed by atoms with Crippen LogP contribution in [-0.2, 0) is 6.54 Å². The van der Waals surface area contributed by atoms with Crippen LogP contribution in [0.15, 0.2) is 78.9 Å². The van der Waals surface area contributed by atoms with Crippen LogP contribution in [-0.4, -0.2) is 73.0 Å². The Kier molecular flexibility index (Phi) is 8.54. The molecule has 0 N–H and O–H groups in total. The Morgan fingerprint density at radius 3 is 2.27 bits per heavy atom. The topological polar surface area (TPSA) is 36.0 Å². The first kappa shape index (κ1) is 25.5. The van der Waals surface area contributed by atoms with Crippen LogP contribution in [0, 0.1) is 0 Å². The first-order chi connectivity index (χ1) is 18.2. The first-order valence-electron chi connectivity index (χ1n) is 13.7. The van der Waals surface area contributed by atoms with Crippen molar-refractivity contribution < 1.29 is 9.53 Å². The molecule has 2 saturated heterocycles. The number of benzene rings is 3. The van der Waals surface area contributed by atoms with E-state index in [0.717, 1.165) is 81.0 Å². The number of rotatable bonds is 10. The van der Waals surface area contributed by atoms with Gasteiger partial charge in [0.05, 0.1) is 6.61 Å². The molecule has 0 bridgehead atoms. The third-order valence-electron chi connectivity index (χ3n) is 7.76. The van der Waals surface area contributed by atoms with E-state index in [0.29, 0.717) is 6.04 Å². The normalized spacial score (nSPS) is 18.0. The first-order valence-corrected chi connectivity index (χ1v) is 13.7. The Morgan fingerprint density at radius 2 is 1.57 bits per heavy atom. The molecule has 2 aliphatic rings. The van der Waals surface area contributed by atoms with E-state index in [1.807, 2.05) is 41.3 Å². The minimum absolute atomic E-state index is 0.149. The van der Waals surface area contributed by atoms with Crippen LogP contribution in [0.3, 0.4) is 0 Å². The van der Waals surface area contributed by atoms with Gasteiger partial charge < -0.3 is 14.5 Å². The number of likely N-dealkylation sites (tertiary alicyclic amines) is 2. The van der Waals surface area contributed by atoms with Crippen molar-refractivity contribution in [2.45, 2.75) is 38.3 Å². The van der Waals surface area contributed by atoms with E-state index in [2.05, 4.69) is 59.3 Å². The van der Waals surface area contributed by atoms with Crippen molar-refractivity contribution in [2.75, 3.05) is 46.4 Å². The molecule has 5 nitrogen and oxygen atoms in total. The van der Waals surface area contributed by atoms with Gasteiger partial charge >= 0.3 is 0 Å². The van der Waals surface area contributed by atoms with Crippen LogP contribution in [0.25, 0.3) is 11.1 Å². The molecule has 0 aromatic heterocycles. The van der Waals surface area contributed by atoms with E-state index in [-0.39, 0.29) is 5.91 Å². The van der Waals surface area contributed by atoms with E-state index < -0.39 is 0 Å². The fraction of sp³-hybridized carbons (Fsp3) is 0.406. The smallest absolute Gasteiger partial charge is 0.253 e. The molecule has 0 saturated carbocycles. The van der Waals surface area contributed by atoms with Crippen molar-refractivity contribution in [1.82, 2.24) is 14.7 Å². The summed E-state index contributed by atoms with van der Waals surface area (Å²) < 4.78 is 6.03. The molecule has 3 aromatic rings. The molecule has 5 rings (SSSR count). The lowest BCUT2D eigenvalue weighted by Crippen LogP contribution is -2.35. The number of likely N-dealkylation sites (N-methyl/N-ethyl adjacent to an activating group) is 1. The van der Waals surface area contributed by atoms with Gasteiger partial charge in [0.2, 0.25) is 0 Å². The summed E-state index contributed by atoms with van der Waals surface area (Å²) in [4.78, 5) is 19.6. The number of hydrogen-bond acceptors (Lipinski definition) is 4. The molecule has 3 aromatic carbocycles. The molecule has 0 spiro atoms. The summed E-state index contributed by atoms with van der Waals surface area (Å²) in [5, 5.41) is 0. The Bertz CT molecular complexity index is 1120. The number of ether oxygens (including phenoxy) is 1. The Hall–Kier alpha value is -3.15. The zero-order chi connectivity index (χ0) is 25.5. The van der Waals surface area contributed by atoms with Crippen molar-refractivity contribution in [1.29, 1.82) is 0 Å². The fourth-order valence-electron chi connectivity index (χ4n) is 5.50. The number of carbonyl (C=O) groups is 1. The maximum Gasteiger partial charge on any atom is 0.253 e. The minimum Gasteiger partial charge on any atom is -0.494 e. The Morgan fingerprint density at radius 1 is 0.892 bits per heavy atom. The molecule has 2 heterocycles. The molecule has 194 valence electrons. The monoisotopic (exact) mass is 497 g/mol. The predicted octanol–water partition coefficient (Wildman–Crippen LogP) is 5.56. The lowest BCUT2D eigenvalue weighted by Gasteiger charge is -2.24. The van der Waals surface area contributed by atoms with Crippen molar-refractivity contribution in [2.24, 2.45) is 0 Å². The van der Waals surface area contributed by atoms with Gasteiger partial charge in [0.25, 0.3) is 5.91 Å². The van der Waals surface area contributed by atoms with E-state index in [9.17, 15) is 4.79 Å². The van der Waals surface area contributed by atoms with Crippen LogP contribution in [0.2, 0.25) is 0 Å². The highest BCUT2D eigenvalue weighted by molar-refractivity contribution is 5.94. The van der Waals surface area contributed by atoms with Crippen LogP contribution in [0.5, 0.6) is 5.75 Å². The third kappa shape index (κ3) is 6.79. The van der Waals surface area contributed by atoms with Crippen molar-refractivity contribution in [3.63, 3.8) is 0 Å². The molecule has 1 amide bonds. The third-order valence-corrected chi connectivity index (χ3v) is 7.76. The molecule has 1 atom stereocenters. The van der Waals surface area contributed by atoms with Gasteiger partial charge in [-0.2, -0.15) is 0 Å². The predicted molar refractivity (Wildman–Crippen MR) is 150 cm³/mol. The Balaban J connectivity index is 1.03. The van der Waals surface area contributed by atoms with E-state index in [1.165, 1.54) is 18.5 Å². The highest BCUT2D eigenvalue weighted by atomic mass is 16.5. The summed E-state index contributed by atoms with van der Waals surface area (Å²) in [5.74, 6) is 1.05. The lowest BCUT2D eigenvalue weighted by atomic mass is 10.0. The van der Waals surface area contributed by atoms with Crippen LogP contribution < -0.4 is 4.74 Å². The maximum absolute atomic E-state index is 12.6.